The van der Waals surface area contributed by atoms with Gasteiger partial charge in [0.2, 0.25) is 5.70 Å². The van der Waals surface area contributed by atoms with E-state index >= 15 is 0 Å². The van der Waals surface area contributed by atoms with E-state index in [4.69, 9.17) is 11.6 Å². The van der Waals surface area contributed by atoms with Crippen molar-refractivity contribution in [3.05, 3.63) is 64.7 Å². The molecular formula is C17H14ClN6O+. The number of imidazole rings is 1. The second-order valence-corrected chi connectivity index (χ2v) is 6.06. The average Bonchev–Trinajstić information content (AvgIpc) is 3.21. The molecule has 124 valence electrons. The van der Waals surface area contributed by atoms with Crippen molar-refractivity contribution >= 4 is 40.1 Å². The number of nitrogens with one attached hydrogen (secondary N) is 2. The van der Waals surface area contributed by atoms with E-state index < -0.39 is 0 Å². The number of benzene rings is 1. The number of aryl methyl sites for hydroxylation is 1. The molecule has 7 nitrogen and oxygen atoms in total. The quantitative estimate of drug-likeness (QED) is 0.481. The molecule has 4 N–H and O–H groups in total. The van der Waals surface area contributed by atoms with Gasteiger partial charge >= 0.3 is 0 Å². The molecule has 0 unspecified atom stereocenters. The summed E-state index contributed by atoms with van der Waals surface area (Å²) in [5, 5.41) is 7.30. The Labute approximate surface area is 147 Å². The normalized spacial score (nSPS) is 13.7. The molecular weight excluding hydrogens is 340 g/mol. The highest BCUT2D eigenvalue weighted by molar-refractivity contribution is 6.29. The Morgan fingerprint density at radius 2 is 2.16 bits per heavy atom. The van der Waals surface area contributed by atoms with Crippen molar-refractivity contribution in [1.29, 1.82) is 0 Å². The fraction of sp³-hybridized carbons (Fsp3) is 0.0588. The Balaban J connectivity index is 1.52. The third kappa shape index (κ3) is 3.15. The van der Waals surface area contributed by atoms with Crippen LogP contribution in [0.3, 0.4) is 0 Å². The van der Waals surface area contributed by atoms with Crippen LogP contribution in [-0.4, -0.2) is 26.7 Å². The third-order valence-corrected chi connectivity index (χ3v) is 4.00. The number of amides is 1. The Hall–Kier alpha value is -3.03. The van der Waals surface area contributed by atoms with Gasteiger partial charge in [0.25, 0.3) is 5.91 Å². The molecule has 0 aliphatic carbocycles. The molecule has 0 atom stereocenters. The molecule has 0 fully saturated rings. The number of amidine groups is 1. The number of carbonyl (C=O) groups is 1. The van der Waals surface area contributed by atoms with Gasteiger partial charge in [-0.25, -0.2) is 9.97 Å². The van der Waals surface area contributed by atoms with Crippen molar-refractivity contribution in [3.8, 4) is 0 Å². The number of nitrogens with zero attached hydrogens (tertiary/aromatic N) is 3. The summed E-state index contributed by atoms with van der Waals surface area (Å²) in [6, 6.07) is 9.20. The van der Waals surface area contributed by atoms with Gasteiger partial charge in [0.1, 0.15) is 5.15 Å². The van der Waals surface area contributed by atoms with Gasteiger partial charge in [-0.05, 0) is 36.8 Å². The topological polar surface area (TPSA) is 99.6 Å². The van der Waals surface area contributed by atoms with Gasteiger partial charge in [0, 0.05) is 6.20 Å². The van der Waals surface area contributed by atoms with Crippen molar-refractivity contribution < 1.29 is 10.2 Å². The van der Waals surface area contributed by atoms with Crippen LogP contribution >= 0.6 is 11.6 Å². The maximum atomic E-state index is 12.2. The Morgan fingerprint density at radius 1 is 1.28 bits per heavy atom. The van der Waals surface area contributed by atoms with Crippen molar-refractivity contribution in [2.24, 2.45) is 5.10 Å². The zero-order valence-corrected chi connectivity index (χ0v) is 14.0. The molecule has 25 heavy (non-hydrogen) atoms. The summed E-state index contributed by atoms with van der Waals surface area (Å²) in [5.41, 5.74) is 5.90. The van der Waals surface area contributed by atoms with Crippen LogP contribution in [0.1, 0.15) is 21.7 Å². The van der Waals surface area contributed by atoms with E-state index in [1.165, 1.54) is 6.20 Å². The molecule has 3 heterocycles. The summed E-state index contributed by atoms with van der Waals surface area (Å²) >= 11 is 5.73. The zero-order chi connectivity index (χ0) is 17.4. The second kappa shape index (κ2) is 6.12. The van der Waals surface area contributed by atoms with Gasteiger partial charge < -0.3 is 10.3 Å². The number of hydrogen-bond donors (Lipinski definition) is 3. The van der Waals surface area contributed by atoms with Crippen molar-refractivity contribution in [2.45, 2.75) is 6.92 Å². The fourth-order valence-corrected chi connectivity index (χ4v) is 2.63. The van der Waals surface area contributed by atoms with E-state index in [9.17, 15) is 4.79 Å². The third-order valence-electron chi connectivity index (χ3n) is 3.78. The second-order valence-electron chi connectivity index (χ2n) is 5.67. The van der Waals surface area contributed by atoms with Gasteiger partial charge in [-0.1, -0.05) is 22.8 Å². The first-order chi connectivity index (χ1) is 12.1. The minimum Gasteiger partial charge on any atom is -0.333 e. The summed E-state index contributed by atoms with van der Waals surface area (Å²) in [6.07, 6.45) is 3.19. The van der Waals surface area contributed by atoms with Crippen LogP contribution in [-0.2, 0) is 0 Å². The van der Waals surface area contributed by atoms with Crippen LogP contribution < -0.4 is 10.7 Å². The number of rotatable bonds is 2. The van der Waals surface area contributed by atoms with E-state index in [0.29, 0.717) is 22.4 Å². The first kappa shape index (κ1) is 15.5. The Kier molecular flexibility index (Phi) is 3.79. The van der Waals surface area contributed by atoms with Crippen LogP contribution in [0.5, 0.6) is 0 Å². The standard InChI is InChI=1S/C17H13ClN6O/c1-9-2-4-11-12(6-9)21-16(20-11)13-7-15(24-23-13)22-17(25)10-3-5-14(18)19-8-10/h2-8H,1H3,(H,20,21)(H2,22,23,24,25)/p+1. The smallest absolute Gasteiger partial charge is 0.258 e. The summed E-state index contributed by atoms with van der Waals surface area (Å²) in [4.78, 5) is 23.9. The van der Waals surface area contributed by atoms with Gasteiger partial charge in [-0.2, -0.15) is 5.43 Å². The molecule has 1 aliphatic heterocycles. The highest BCUT2D eigenvalue weighted by Crippen LogP contribution is 2.16. The minimum absolute atomic E-state index is 0.297. The predicted molar refractivity (Wildman–Crippen MR) is 94.9 cm³/mol. The lowest BCUT2D eigenvalue weighted by Gasteiger charge is -2.00. The number of aromatic nitrogens is 3. The van der Waals surface area contributed by atoms with E-state index in [2.05, 4.69) is 25.4 Å². The number of fused-ring (bicyclic) bond motifs is 1. The number of nitrogens with two attached hydrogens (primary N) is 1. The summed E-state index contributed by atoms with van der Waals surface area (Å²) in [7, 11) is 0. The predicted octanol–water partition coefficient (Wildman–Crippen LogP) is 1.58. The maximum Gasteiger partial charge on any atom is 0.258 e. The summed E-state index contributed by atoms with van der Waals surface area (Å²) < 4.78 is 0. The first-order valence-electron chi connectivity index (χ1n) is 7.61. The van der Waals surface area contributed by atoms with Gasteiger partial charge in [0.05, 0.1) is 22.7 Å². The van der Waals surface area contributed by atoms with Crippen LogP contribution in [0, 0.1) is 6.92 Å². The fourth-order valence-electron chi connectivity index (χ4n) is 2.52. The number of hydrogen-bond acceptors (Lipinski definition) is 4. The van der Waals surface area contributed by atoms with Crippen molar-refractivity contribution in [2.75, 3.05) is 0 Å². The number of halogens is 1. The molecule has 2 aromatic heterocycles. The monoisotopic (exact) mass is 353 g/mol. The Morgan fingerprint density at radius 3 is 2.96 bits per heavy atom. The lowest BCUT2D eigenvalue weighted by Crippen LogP contribution is -2.73. The largest absolute Gasteiger partial charge is 0.333 e. The molecule has 0 bridgehead atoms. The maximum absolute atomic E-state index is 12.2. The van der Waals surface area contributed by atoms with Crippen molar-refractivity contribution in [3.63, 3.8) is 0 Å². The zero-order valence-electron chi connectivity index (χ0n) is 13.2. The van der Waals surface area contributed by atoms with Crippen molar-refractivity contribution in [1.82, 2.24) is 20.3 Å². The lowest BCUT2D eigenvalue weighted by atomic mass is 10.2. The first-order valence-corrected chi connectivity index (χ1v) is 7.99. The minimum atomic E-state index is -0.297. The van der Waals surface area contributed by atoms with E-state index in [-0.39, 0.29) is 5.91 Å². The molecule has 3 aromatic rings. The number of aromatic amines is 1. The molecule has 0 saturated carbocycles. The lowest BCUT2D eigenvalue weighted by molar-refractivity contribution is -0.566. The molecule has 8 heteroatoms. The summed E-state index contributed by atoms with van der Waals surface area (Å²) in [5.74, 6) is 0.863. The summed E-state index contributed by atoms with van der Waals surface area (Å²) in [6.45, 7) is 2.03. The highest BCUT2D eigenvalue weighted by atomic mass is 35.5. The van der Waals surface area contributed by atoms with Gasteiger partial charge in [-0.15, -0.1) is 0 Å². The van der Waals surface area contributed by atoms with Crippen LogP contribution in [0.2, 0.25) is 5.15 Å². The molecule has 1 aliphatic rings. The number of carbonyl (C=O) groups excluding carboxylic acids is 1. The molecule has 0 spiro atoms. The van der Waals surface area contributed by atoms with Crippen LogP contribution in [0.15, 0.2) is 47.7 Å². The van der Waals surface area contributed by atoms with Gasteiger partial charge in [0.15, 0.2) is 11.7 Å². The molecule has 0 saturated heterocycles. The van der Waals surface area contributed by atoms with E-state index in [1.807, 2.05) is 25.1 Å². The van der Waals surface area contributed by atoms with Crippen LogP contribution in [0.25, 0.3) is 16.7 Å². The van der Waals surface area contributed by atoms with E-state index in [0.717, 1.165) is 22.3 Å². The van der Waals surface area contributed by atoms with E-state index in [1.54, 1.807) is 23.6 Å². The molecule has 0 radical (unpaired) electrons. The number of pyridine rings is 1. The molecule has 1 amide bonds. The average molecular weight is 354 g/mol. The Bertz CT molecular complexity index is 1030. The SMILES string of the molecule is Cc1ccc2nc(C3=CC(NC(=O)c4ccc(Cl)nc4)=N[NH2+]3)[nH]c2c1. The molecule has 4 rings (SSSR count). The number of quaternary nitrogens is 1. The van der Waals surface area contributed by atoms with Crippen LogP contribution in [0.4, 0.5) is 0 Å². The molecule has 1 aromatic carbocycles. The number of H-pyrrole nitrogens is 1. The van der Waals surface area contributed by atoms with Gasteiger partial charge in [-0.3, -0.25) is 4.79 Å². The highest BCUT2D eigenvalue weighted by Gasteiger charge is 2.20.